The Morgan fingerprint density at radius 1 is 1.10 bits per heavy atom. The molecule has 0 unspecified atom stereocenters. The minimum absolute atomic E-state index is 0.192. The second-order valence-electron chi connectivity index (χ2n) is 6.32. The van der Waals surface area contributed by atoms with Crippen molar-refractivity contribution in [2.75, 3.05) is 0 Å². The molecule has 1 heterocycles. The van der Waals surface area contributed by atoms with Gasteiger partial charge in [-0.05, 0) is 50.8 Å². The Balaban J connectivity index is 1.70. The molecule has 8 heteroatoms. The highest BCUT2D eigenvalue weighted by molar-refractivity contribution is 9.10. The maximum Gasteiger partial charge on any atom is 0.404 e. The summed E-state index contributed by atoms with van der Waals surface area (Å²) < 4.78 is 20.5. The standard InChI is InChI=1S/C21H18BrFN2O4/c22-19-18(29-13-14-4-6-17(23)7-5-14)8-9-25(20(19)26)12-16-3-1-2-15(10-16)11-24-21(27)28/h1-10,24H,11-13H2,(H,27,28). The number of hydrogen-bond donors (Lipinski definition) is 2. The first kappa shape index (κ1) is 20.6. The number of amides is 1. The second-order valence-corrected chi connectivity index (χ2v) is 7.11. The van der Waals surface area contributed by atoms with Crippen LogP contribution >= 0.6 is 15.9 Å². The van der Waals surface area contributed by atoms with Gasteiger partial charge in [0, 0.05) is 12.7 Å². The third kappa shape index (κ3) is 5.68. The van der Waals surface area contributed by atoms with Crippen LogP contribution in [0.15, 0.2) is 70.1 Å². The Morgan fingerprint density at radius 2 is 1.83 bits per heavy atom. The van der Waals surface area contributed by atoms with Gasteiger partial charge in [0.05, 0.1) is 6.54 Å². The van der Waals surface area contributed by atoms with Crippen molar-refractivity contribution >= 4 is 22.0 Å². The summed E-state index contributed by atoms with van der Waals surface area (Å²) in [6.07, 6.45) is 0.543. The van der Waals surface area contributed by atoms with Crippen LogP contribution in [0.2, 0.25) is 0 Å². The molecule has 2 N–H and O–H groups in total. The molecule has 0 aliphatic rings. The van der Waals surface area contributed by atoms with Gasteiger partial charge >= 0.3 is 6.09 Å². The van der Waals surface area contributed by atoms with Crippen molar-refractivity contribution < 1.29 is 19.0 Å². The average molecular weight is 461 g/mol. The molecule has 3 rings (SSSR count). The fourth-order valence-corrected chi connectivity index (χ4v) is 3.19. The number of pyridine rings is 1. The van der Waals surface area contributed by atoms with Crippen molar-refractivity contribution in [1.82, 2.24) is 9.88 Å². The molecular formula is C21H18BrFN2O4. The largest absolute Gasteiger partial charge is 0.487 e. The number of halogens is 2. The molecule has 0 aliphatic carbocycles. The number of carbonyl (C=O) groups is 1. The smallest absolute Gasteiger partial charge is 0.404 e. The van der Waals surface area contributed by atoms with Crippen LogP contribution < -0.4 is 15.6 Å². The fraction of sp³-hybridized carbons (Fsp3) is 0.143. The van der Waals surface area contributed by atoms with Gasteiger partial charge in [0.2, 0.25) is 0 Å². The van der Waals surface area contributed by atoms with Crippen molar-refractivity contribution in [2.24, 2.45) is 0 Å². The number of rotatable bonds is 7. The number of ether oxygens (including phenoxy) is 1. The van der Waals surface area contributed by atoms with Crippen molar-refractivity contribution in [3.8, 4) is 5.75 Å². The van der Waals surface area contributed by atoms with Gasteiger partial charge in [0.1, 0.15) is 22.6 Å². The Labute approximate surface area is 174 Å². The highest BCUT2D eigenvalue weighted by Crippen LogP contribution is 2.22. The van der Waals surface area contributed by atoms with Gasteiger partial charge < -0.3 is 19.7 Å². The molecule has 1 aromatic heterocycles. The lowest BCUT2D eigenvalue weighted by Crippen LogP contribution is -2.22. The molecule has 0 spiro atoms. The van der Waals surface area contributed by atoms with E-state index in [1.54, 1.807) is 24.4 Å². The number of benzene rings is 2. The van der Waals surface area contributed by atoms with E-state index in [1.807, 2.05) is 24.3 Å². The molecule has 0 bridgehead atoms. The highest BCUT2D eigenvalue weighted by Gasteiger charge is 2.10. The first-order chi connectivity index (χ1) is 13.9. The van der Waals surface area contributed by atoms with Crippen LogP contribution in [0.4, 0.5) is 9.18 Å². The first-order valence-corrected chi connectivity index (χ1v) is 9.52. The van der Waals surface area contributed by atoms with Crippen LogP contribution in [0.5, 0.6) is 5.75 Å². The Hall–Kier alpha value is -3.13. The molecular weight excluding hydrogens is 443 g/mol. The van der Waals surface area contributed by atoms with E-state index in [-0.39, 0.29) is 24.5 Å². The zero-order chi connectivity index (χ0) is 20.8. The van der Waals surface area contributed by atoms with E-state index >= 15 is 0 Å². The summed E-state index contributed by atoms with van der Waals surface area (Å²) in [5, 5.41) is 11.0. The molecule has 0 saturated heterocycles. The summed E-state index contributed by atoms with van der Waals surface area (Å²) in [6.45, 7) is 0.732. The summed E-state index contributed by atoms with van der Waals surface area (Å²) in [5.74, 6) is 0.0790. The van der Waals surface area contributed by atoms with Gasteiger partial charge in [0.25, 0.3) is 5.56 Å². The number of nitrogens with one attached hydrogen (secondary N) is 1. The van der Waals surface area contributed by atoms with Gasteiger partial charge in [-0.25, -0.2) is 9.18 Å². The minimum Gasteiger partial charge on any atom is -0.487 e. The van der Waals surface area contributed by atoms with Crippen LogP contribution in [-0.2, 0) is 19.7 Å². The zero-order valence-corrected chi connectivity index (χ0v) is 16.9. The maximum absolute atomic E-state index is 13.0. The topological polar surface area (TPSA) is 80.6 Å². The molecule has 150 valence electrons. The summed E-state index contributed by atoms with van der Waals surface area (Å²) in [7, 11) is 0. The van der Waals surface area contributed by atoms with Crippen molar-refractivity contribution in [2.45, 2.75) is 19.7 Å². The lowest BCUT2D eigenvalue weighted by molar-refractivity contribution is 0.194. The third-order valence-corrected chi connectivity index (χ3v) is 4.90. The number of nitrogens with zero attached hydrogens (tertiary/aromatic N) is 1. The van der Waals surface area contributed by atoms with Gasteiger partial charge in [0.15, 0.2) is 0 Å². The maximum atomic E-state index is 13.0. The van der Waals surface area contributed by atoms with Crippen LogP contribution in [0.3, 0.4) is 0 Å². The average Bonchev–Trinajstić information content (AvgIpc) is 2.71. The Bertz CT molecular complexity index is 1070. The molecule has 0 radical (unpaired) electrons. The zero-order valence-electron chi connectivity index (χ0n) is 15.3. The van der Waals surface area contributed by atoms with Crippen LogP contribution in [0.1, 0.15) is 16.7 Å². The lowest BCUT2D eigenvalue weighted by atomic mass is 10.1. The number of hydrogen-bond acceptors (Lipinski definition) is 3. The van der Waals surface area contributed by atoms with Crippen molar-refractivity contribution in [3.63, 3.8) is 0 Å². The van der Waals surface area contributed by atoms with E-state index in [0.717, 1.165) is 16.7 Å². The predicted octanol–water partition coefficient (Wildman–Crippen LogP) is 4.14. The van der Waals surface area contributed by atoms with E-state index in [9.17, 15) is 14.0 Å². The molecule has 3 aromatic rings. The van der Waals surface area contributed by atoms with Gasteiger partial charge in [-0.2, -0.15) is 0 Å². The van der Waals surface area contributed by atoms with Crippen LogP contribution in [0.25, 0.3) is 0 Å². The van der Waals surface area contributed by atoms with E-state index < -0.39 is 6.09 Å². The van der Waals surface area contributed by atoms with E-state index in [1.165, 1.54) is 16.7 Å². The summed E-state index contributed by atoms with van der Waals surface area (Å²) in [5.41, 5.74) is 2.20. The van der Waals surface area contributed by atoms with Crippen LogP contribution in [-0.4, -0.2) is 15.8 Å². The quantitative estimate of drug-likeness (QED) is 0.554. The molecule has 0 fully saturated rings. The molecule has 0 atom stereocenters. The highest BCUT2D eigenvalue weighted by atomic mass is 79.9. The van der Waals surface area contributed by atoms with Gasteiger partial charge in [-0.1, -0.05) is 36.4 Å². The molecule has 2 aromatic carbocycles. The van der Waals surface area contributed by atoms with E-state index in [4.69, 9.17) is 9.84 Å². The van der Waals surface area contributed by atoms with Gasteiger partial charge in [-0.3, -0.25) is 4.79 Å². The lowest BCUT2D eigenvalue weighted by Gasteiger charge is -2.12. The van der Waals surface area contributed by atoms with Gasteiger partial charge in [-0.15, -0.1) is 0 Å². The molecule has 6 nitrogen and oxygen atoms in total. The second kappa shape index (κ2) is 9.38. The third-order valence-electron chi connectivity index (χ3n) is 4.17. The Kier molecular flexibility index (Phi) is 6.66. The number of aromatic nitrogens is 1. The van der Waals surface area contributed by atoms with Crippen LogP contribution in [0, 0.1) is 5.82 Å². The summed E-state index contributed by atoms with van der Waals surface area (Å²) in [6, 6.07) is 15.0. The molecule has 0 aliphatic heterocycles. The summed E-state index contributed by atoms with van der Waals surface area (Å²) >= 11 is 3.29. The molecule has 1 amide bonds. The Morgan fingerprint density at radius 3 is 2.55 bits per heavy atom. The monoisotopic (exact) mass is 460 g/mol. The summed E-state index contributed by atoms with van der Waals surface area (Å²) in [4.78, 5) is 23.3. The van der Waals surface area contributed by atoms with Crippen molar-refractivity contribution in [1.29, 1.82) is 0 Å². The minimum atomic E-state index is -1.09. The SMILES string of the molecule is O=C(O)NCc1cccc(Cn2ccc(OCc3ccc(F)cc3)c(Br)c2=O)c1. The fourth-order valence-electron chi connectivity index (χ4n) is 2.72. The molecule has 0 saturated carbocycles. The number of carboxylic acid groups (broad SMARTS) is 1. The first-order valence-electron chi connectivity index (χ1n) is 8.73. The normalized spacial score (nSPS) is 10.6. The predicted molar refractivity (Wildman–Crippen MR) is 110 cm³/mol. The molecule has 29 heavy (non-hydrogen) atoms. The van der Waals surface area contributed by atoms with E-state index in [2.05, 4.69) is 21.2 Å². The van der Waals surface area contributed by atoms with Crippen molar-refractivity contribution in [3.05, 3.63) is 98.1 Å². The van der Waals surface area contributed by atoms with E-state index in [0.29, 0.717) is 16.8 Å².